The molecule has 19 heavy (non-hydrogen) atoms. The fraction of sp³-hybridized carbons (Fsp3) is 0.538. The van der Waals surface area contributed by atoms with Gasteiger partial charge in [-0.2, -0.15) is 0 Å². The molecule has 0 unspecified atom stereocenters. The van der Waals surface area contributed by atoms with E-state index in [1.165, 1.54) is 6.07 Å². The van der Waals surface area contributed by atoms with Gasteiger partial charge in [0, 0.05) is 12.2 Å². The number of nitrogens with one attached hydrogen (secondary N) is 1. The van der Waals surface area contributed by atoms with Crippen molar-refractivity contribution in [2.45, 2.75) is 37.5 Å². The molecule has 6 heteroatoms. The molecule has 0 spiro atoms. The standard InChI is InChI=1S/C13H19FN2O2S/c1-9-6-11(14)13(7-12(9)15)19(17,18)16-8-10-4-2-3-5-10/h6-7,10,16H,2-5,8,15H2,1H3. The van der Waals surface area contributed by atoms with Crippen molar-refractivity contribution in [2.75, 3.05) is 12.3 Å². The third-order valence-corrected chi connectivity index (χ3v) is 5.09. The van der Waals surface area contributed by atoms with Crippen LogP contribution < -0.4 is 10.5 Å². The fourth-order valence-corrected chi connectivity index (χ4v) is 3.60. The molecule has 0 amide bonds. The highest BCUT2D eigenvalue weighted by atomic mass is 32.2. The Bertz CT molecular complexity index is 566. The van der Waals surface area contributed by atoms with Crippen LogP contribution in [0, 0.1) is 18.7 Å². The normalized spacial score (nSPS) is 16.9. The van der Waals surface area contributed by atoms with Crippen LogP contribution in [0.2, 0.25) is 0 Å². The van der Waals surface area contributed by atoms with Gasteiger partial charge in [0.15, 0.2) is 0 Å². The second-order valence-electron chi connectivity index (χ2n) is 5.14. The lowest BCUT2D eigenvalue weighted by Gasteiger charge is -2.12. The van der Waals surface area contributed by atoms with Crippen molar-refractivity contribution in [3.05, 3.63) is 23.5 Å². The zero-order valence-electron chi connectivity index (χ0n) is 10.9. The Morgan fingerprint density at radius 1 is 1.37 bits per heavy atom. The fourth-order valence-electron chi connectivity index (χ4n) is 2.39. The zero-order valence-corrected chi connectivity index (χ0v) is 11.8. The Labute approximate surface area is 113 Å². The molecule has 0 saturated heterocycles. The van der Waals surface area contributed by atoms with E-state index < -0.39 is 15.8 Å². The monoisotopic (exact) mass is 286 g/mol. The average molecular weight is 286 g/mol. The first-order valence-corrected chi connectivity index (χ1v) is 7.94. The van der Waals surface area contributed by atoms with Crippen LogP contribution in [0.25, 0.3) is 0 Å². The maximum atomic E-state index is 13.8. The summed E-state index contributed by atoms with van der Waals surface area (Å²) in [6.07, 6.45) is 4.33. The smallest absolute Gasteiger partial charge is 0.243 e. The van der Waals surface area contributed by atoms with Crippen LogP contribution in [0.1, 0.15) is 31.2 Å². The highest BCUT2D eigenvalue weighted by Crippen LogP contribution is 2.25. The van der Waals surface area contributed by atoms with Crippen LogP contribution in [0.15, 0.2) is 17.0 Å². The van der Waals surface area contributed by atoms with E-state index >= 15 is 0 Å². The largest absolute Gasteiger partial charge is 0.398 e. The summed E-state index contributed by atoms with van der Waals surface area (Å²) in [5.74, 6) is -0.397. The Morgan fingerprint density at radius 3 is 2.63 bits per heavy atom. The van der Waals surface area contributed by atoms with Crippen LogP contribution in [0.5, 0.6) is 0 Å². The minimum atomic E-state index is -3.82. The van der Waals surface area contributed by atoms with E-state index in [4.69, 9.17) is 5.73 Å². The molecular weight excluding hydrogens is 267 g/mol. The molecule has 106 valence electrons. The topological polar surface area (TPSA) is 72.2 Å². The molecule has 0 bridgehead atoms. The van der Waals surface area contributed by atoms with E-state index in [2.05, 4.69) is 4.72 Å². The van der Waals surface area contributed by atoms with E-state index in [0.29, 0.717) is 18.0 Å². The number of nitrogens with two attached hydrogens (primary N) is 1. The Morgan fingerprint density at radius 2 is 2.00 bits per heavy atom. The van der Waals surface area contributed by atoms with Gasteiger partial charge in [-0.05, 0) is 43.4 Å². The van der Waals surface area contributed by atoms with Crippen LogP contribution in [0.3, 0.4) is 0 Å². The van der Waals surface area contributed by atoms with Crippen molar-refractivity contribution < 1.29 is 12.8 Å². The van der Waals surface area contributed by atoms with Gasteiger partial charge in [0.1, 0.15) is 10.7 Å². The van der Waals surface area contributed by atoms with Gasteiger partial charge in [0.05, 0.1) is 0 Å². The number of halogens is 1. The van der Waals surface area contributed by atoms with E-state index in [1.807, 2.05) is 0 Å². The average Bonchev–Trinajstić information content (AvgIpc) is 2.84. The highest BCUT2D eigenvalue weighted by molar-refractivity contribution is 7.89. The van der Waals surface area contributed by atoms with Crippen molar-refractivity contribution in [1.29, 1.82) is 0 Å². The Hall–Kier alpha value is -1.14. The lowest BCUT2D eigenvalue weighted by molar-refractivity contribution is 0.514. The highest BCUT2D eigenvalue weighted by Gasteiger charge is 2.23. The summed E-state index contributed by atoms with van der Waals surface area (Å²) in [6.45, 7) is 2.01. The second-order valence-corrected chi connectivity index (χ2v) is 6.88. The maximum Gasteiger partial charge on any atom is 0.243 e. The van der Waals surface area contributed by atoms with Crippen LogP contribution in [0.4, 0.5) is 10.1 Å². The van der Waals surface area contributed by atoms with E-state index in [0.717, 1.165) is 31.7 Å². The molecule has 3 N–H and O–H groups in total. The summed E-state index contributed by atoms with van der Waals surface area (Å²) in [6, 6.07) is 2.33. The van der Waals surface area contributed by atoms with Gasteiger partial charge < -0.3 is 5.73 Å². The molecule has 2 rings (SSSR count). The van der Waals surface area contributed by atoms with Crippen molar-refractivity contribution in [3.63, 3.8) is 0 Å². The molecule has 0 heterocycles. The molecule has 1 aromatic carbocycles. The number of benzene rings is 1. The van der Waals surface area contributed by atoms with Gasteiger partial charge in [-0.25, -0.2) is 17.5 Å². The molecule has 0 atom stereocenters. The van der Waals surface area contributed by atoms with Crippen molar-refractivity contribution >= 4 is 15.7 Å². The van der Waals surface area contributed by atoms with E-state index in [1.54, 1.807) is 6.92 Å². The lowest BCUT2D eigenvalue weighted by Crippen LogP contribution is -2.29. The lowest BCUT2D eigenvalue weighted by atomic mass is 10.1. The first-order chi connectivity index (χ1) is 8.90. The van der Waals surface area contributed by atoms with Gasteiger partial charge in [-0.15, -0.1) is 0 Å². The molecule has 1 aliphatic rings. The van der Waals surface area contributed by atoms with Crippen LogP contribution >= 0.6 is 0 Å². The third-order valence-electron chi connectivity index (χ3n) is 3.65. The molecule has 0 radical (unpaired) electrons. The van der Waals surface area contributed by atoms with Crippen LogP contribution in [-0.4, -0.2) is 15.0 Å². The summed E-state index contributed by atoms with van der Waals surface area (Å²) >= 11 is 0. The molecule has 1 fully saturated rings. The number of aryl methyl sites for hydroxylation is 1. The predicted octanol–water partition coefficient (Wildman–Crippen LogP) is 2.18. The molecule has 4 nitrogen and oxygen atoms in total. The van der Waals surface area contributed by atoms with Gasteiger partial charge in [0.25, 0.3) is 0 Å². The van der Waals surface area contributed by atoms with Crippen LogP contribution in [-0.2, 0) is 10.0 Å². The molecule has 1 aromatic rings. The third kappa shape index (κ3) is 3.25. The number of nitrogen functional groups attached to an aromatic ring is 1. The first-order valence-electron chi connectivity index (χ1n) is 6.45. The Balaban J connectivity index is 2.16. The summed E-state index contributed by atoms with van der Waals surface area (Å²) in [5, 5.41) is 0. The number of sulfonamides is 1. The number of anilines is 1. The Kier molecular flexibility index (Phi) is 4.10. The minimum Gasteiger partial charge on any atom is -0.398 e. The first kappa shape index (κ1) is 14.3. The van der Waals surface area contributed by atoms with E-state index in [9.17, 15) is 12.8 Å². The predicted molar refractivity (Wildman–Crippen MR) is 72.7 cm³/mol. The SMILES string of the molecule is Cc1cc(F)c(S(=O)(=O)NCC2CCCC2)cc1N. The zero-order chi connectivity index (χ0) is 14.0. The number of hydrogen-bond acceptors (Lipinski definition) is 3. The number of hydrogen-bond donors (Lipinski definition) is 2. The second kappa shape index (κ2) is 5.46. The summed E-state index contributed by atoms with van der Waals surface area (Å²) in [7, 11) is -3.82. The van der Waals surface area contributed by atoms with Gasteiger partial charge in [0.2, 0.25) is 10.0 Å². The summed E-state index contributed by atoms with van der Waals surface area (Å²) in [5.41, 5.74) is 6.46. The van der Waals surface area contributed by atoms with Crippen molar-refractivity contribution in [2.24, 2.45) is 5.92 Å². The van der Waals surface area contributed by atoms with E-state index in [-0.39, 0.29) is 10.6 Å². The van der Waals surface area contributed by atoms with Crippen molar-refractivity contribution in [1.82, 2.24) is 4.72 Å². The number of rotatable bonds is 4. The quantitative estimate of drug-likeness (QED) is 0.833. The van der Waals surface area contributed by atoms with Gasteiger partial charge >= 0.3 is 0 Å². The summed E-state index contributed by atoms with van der Waals surface area (Å²) in [4.78, 5) is -0.367. The van der Waals surface area contributed by atoms with Crippen molar-refractivity contribution in [3.8, 4) is 0 Å². The molecule has 1 aliphatic carbocycles. The molecule has 1 saturated carbocycles. The minimum absolute atomic E-state index is 0.280. The molecule has 0 aliphatic heterocycles. The molecule has 0 aromatic heterocycles. The van der Waals surface area contributed by atoms with Gasteiger partial charge in [-0.3, -0.25) is 0 Å². The molecular formula is C13H19FN2O2S. The maximum absolute atomic E-state index is 13.8. The summed E-state index contributed by atoms with van der Waals surface area (Å²) < 4.78 is 40.4. The van der Waals surface area contributed by atoms with Gasteiger partial charge in [-0.1, -0.05) is 12.8 Å².